The van der Waals surface area contributed by atoms with Crippen molar-refractivity contribution in [1.29, 1.82) is 0 Å². The SMILES string of the molecule is CC1(c2cn(CCOCCOCCNCCC(=O)Nc3ccc4c(c3)CN(C3CCC(=O)NC3=O)C4=O)nn2)CCCCC1. The van der Waals surface area contributed by atoms with Gasteiger partial charge in [0.1, 0.15) is 6.04 Å². The molecule has 3 heterocycles. The summed E-state index contributed by atoms with van der Waals surface area (Å²) in [6.45, 7) is 6.38. The molecule has 1 atom stereocenters. The van der Waals surface area contributed by atoms with E-state index in [1.807, 2.05) is 4.68 Å². The highest BCUT2D eigenvalue weighted by Crippen LogP contribution is 2.37. The average Bonchev–Trinajstić information content (AvgIpc) is 3.61. The Kier molecular flexibility index (Phi) is 10.7. The highest BCUT2D eigenvalue weighted by Gasteiger charge is 2.39. The van der Waals surface area contributed by atoms with Gasteiger partial charge >= 0.3 is 0 Å². The van der Waals surface area contributed by atoms with Gasteiger partial charge < -0.3 is 25.0 Å². The largest absolute Gasteiger partial charge is 0.378 e. The Labute approximate surface area is 257 Å². The lowest BCUT2D eigenvalue weighted by molar-refractivity contribution is -0.137. The highest BCUT2D eigenvalue weighted by atomic mass is 16.5. The Morgan fingerprint density at radius 3 is 2.66 bits per heavy atom. The second-order valence-corrected chi connectivity index (χ2v) is 12.0. The normalized spacial score (nSPS) is 19.6. The number of piperidine rings is 1. The molecule has 1 unspecified atom stereocenters. The fraction of sp³-hybridized carbons (Fsp3) is 0.613. The molecule has 2 aliphatic heterocycles. The van der Waals surface area contributed by atoms with E-state index in [1.54, 1.807) is 18.2 Å². The molecular weight excluding hydrogens is 566 g/mol. The van der Waals surface area contributed by atoms with E-state index in [1.165, 1.54) is 37.0 Å². The fourth-order valence-electron chi connectivity index (χ4n) is 6.10. The van der Waals surface area contributed by atoms with Crippen LogP contribution in [0.4, 0.5) is 5.69 Å². The zero-order chi connectivity index (χ0) is 30.9. The second-order valence-electron chi connectivity index (χ2n) is 12.0. The number of hydrogen-bond acceptors (Lipinski definition) is 9. The van der Waals surface area contributed by atoms with Gasteiger partial charge in [0.25, 0.3) is 5.91 Å². The van der Waals surface area contributed by atoms with Crippen LogP contribution in [0, 0.1) is 0 Å². The van der Waals surface area contributed by atoms with Crippen LogP contribution in [0.15, 0.2) is 24.4 Å². The first-order valence-corrected chi connectivity index (χ1v) is 15.7. The van der Waals surface area contributed by atoms with E-state index in [2.05, 4.69) is 39.4 Å². The Morgan fingerprint density at radius 2 is 1.86 bits per heavy atom. The van der Waals surface area contributed by atoms with Crippen molar-refractivity contribution in [2.24, 2.45) is 0 Å². The number of rotatable bonds is 15. The summed E-state index contributed by atoms with van der Waals surface area (Å²) in [5.41, 5.74) is 3.09. The van der Waals surface area contributed by atoms with Gasteiger partial charge in [-0.25, -0.2) is 4.68 Å². The van der Waals surface area contributed by atoms with Gasteiger partial charge in [-0.3, -0.25) is 24.5 Å². The number of ether oxygens (including phenoxy) is 2. The van der Waals surface area contributed by atoms with Gasteiger partial charge in [0.2, 0.25) is 17.7 Å². The molecule has 3 aliphatic rings. The lowest BCUT2D eigenvalue weighted by atomic mass is 9.74. The van der Waals surface area contributed by atoms with Crippen LogP contribution < -0.4 is 16.0 Å². The van der Waals surface area contributed by atoms with E-state index in [0.29, 0.717) is 63.7 Å². The molecule has 1 saturated carbocycles. The van der Waals surface area contributed by atoms with Crippen LogP contribution >= 0.6 is 0 Å². The Hall–Kier alpha value is -3.68. The van der Waals surface area contributed by atoms with Crippen molar-refractivity contribution in [3.63, 3.8) is 0 Å². The van der Waals surface area contributed by atoms with Crippen LogP contribution in [-0.4, -0.2) is 89.1 Å². The minimum absolute atomic E-state index is 0.148. The summed E-state index contributed by atoms with van der Waals surface area (Å²) in [5.74, 6) is -1.15. The summed E-state index contributed by atoms with van der Waals surface area (Å²) in [7, 11) is 0. The standard InChI is InChI=1S/C31H43N7O6/c1-31(10-3-2-4-11-31)26-21-37(36-35-26)14-16-44-18-17-43-15-13-32-12-9-28(40)33-23-5-6-24-22(19-23)20-38(30(24)42)25-7-8-27(39)34-29(25)41/h5-6,19,21,25,32H,2-4,7-18,20H2,1H3,(H,33,40)(H,34,39,41). The molecule has 0 bridgehead atoms. The first kappa shape index (κ1) is 31.7. The summed E-state index contributed by atoms with van der Waals surface area (Å²) in [6.07, 6.45) is 9.04. The van der Waals surface area contributed by atoms with E-state index < -0.39 is 11.9 Å². The molecule has 238 valence electrons. The summed E-state index contributed by atoms with van der Waals surface area (Å²) >= 11 is 0. The summed E-state index contributed by atoms with van der Waals surface area (Å²) < 4.78 is 13.1. The number of nitrogens with zero attached hydrogens (tertiary/aromatic N) is 4. The molecule has 44 heavy (non-hydrogen) atoms. The number of aromatic nitrogens is 3. The summed E-state index contributed by atoms with van der Waals surface area (Å²) in [6, 6.07) is 4.46. The highest BCUT2D eigenvalue weighted by molar-refractivity contribution is 6.05. The minimum Gasteiger partial charge on any atom is -0.378 e. The van der Waals surface area contributed by atoms with E-state index in [4.69, 9.17) is 9.47 Å². The maximum Gasteiger partial charge on any atom is 0.255 e. The quantitative estimate of drug-likeness (QED) is 0.203. The minimum atomic E-state index is -0.665. The number of nitrogens with one attached hydrogen (secondary N) is 3. The second kappa shape index (κ2) is 14.9. The van der Waals surface area contributed by atoms with Crippen molar-refractivity contribution in [3.8, 4) is 0 Å². The van der Waals surface area contributed by atoms with Crippen molar-refractivity contribution in [1.82, 2.24) is 30.5 Å². The predicted molar refractivity (Wildman–Crippen MR) is 161 cm³/mol. The first-order valence-electron chi connectivity index (χ1n) is 15.7. The van der Waals surface area contributed by atoms with Gasteiger partial charge in [-0.05, 0) is 43.0 Å². The molecular formula is C31H43N7O6. The van der Waals surface area contributed by atoms with Crippen molar-refractivity contribution in [2.45, 2.75) is 82.8 Å². The summed E-state index contributed by atoms with van der Waals surface area (Å²) in [5, 5.41) is 17.0. The Morgan fingerprint density at radius 1 is 1.07 bits per heavy atom. The number of carbonyl (C=O) groups is 4. The van der Waals surface area contributed by atoms with Gasteiger partial charge in [0, 0.05) is 55.3 Å². The molecule has 13 heteroatoms. The molecule has 1 aromatic heterocycles. The van der Waals surface area contributed by atoms with E-state index in [9.17, 15) is 19.2 Å². The number of imide groups is 1. The molecule has 5 rings (SSSR count). The number of amides is 4. The van der Waals surface area contributed by atoms with Crippen LogP contribution in [-0.2, 0) is 42.4 Å². The third-order valence-corrected chi connectivity index (χ3v) is 8.71. The maximum atomic E-state index is 12.8. The lowest BCUT2D eigenvalue weighted by Crippen LogP contribution is -2.52. The Balaban J connectivity index is 0.896. The molecule has 2 fully saturated rings. The topological polar surface area (TPSA) is 157 Å². The van der Waals surface area contributed by atoms with Gasteiger partial charge in [0.15, 0.2) is 0 Å². The Bertz CT molecular complexity index is 1340. The predicted octanol–water partition coefficient (Wildman–Crippen LogP) is 1.91. The van der Waals surface area contributed by atoms with Crippen molar-refractivity contribution < 1.29 is 28.7 Å². The van der Waals surface area contributed by atoms with Crippen LogP contribution in [0.3, 0.4) is 0 Å². The van der Waals surface area contributed by atoms with Gasteiger partial charge in [-0.15, -0.1) is 5.10 Å². The molecule has 1 saturated heterocycles. The number of hydrogen-bond donors (Lipinski definition) is 3. The smallest absolute Gasteiger partial charge is 0.255 e. The number of benzene rings is 1. The van der Waals surface area contributed by atoms with Gasteiger partial charge in [0.05, 0.1) is 38.7 Å². The molecule has 4 amide bonds. The third-order valence-electron chi connectivity index (χ3n) is 8.71. The van der Waals surface area contributed by atoms with Crippen molar-refractivity contribution in [2.75, 3.05) is 44.8 Å². The van der Waals surface area contributed by atoms with Crippen LogP contribution in [0.5, 0.6) is 0 Å². The zero-order valence-electron chi connectivity index (χ0n) is 25.4. The first-order chi connectivity index (χ1) is 21.3. The fourth-order valence-corrected chi connectivity index (χ4v) is 6.10. The molecule has 13 nitrogen and oxygen atoms in total. The van der Waals surface area contributed by atoms with E-state index in [-0.39, 0.29) is 42.5 Å². The number of fused-ring (bicyclic) bond motifs is 1. The molecule has 3 N–H and O–H groups in total. The van der Waals surface area contributed by atoms with Gasteiger partial charge in [-0.1, -0.05) is 31.4 Å². The van der Waals surface area contributed by atoms with Crippen LogP contribution in [0.2, 0.25) is 0 Å². The number of carbonyl (C=O) groups excluding carboxylic acids is 4. The lowest BCUT2D eigenvalue weighted by Gasteiger charge is -2.31. The van der Waals surface area contributed by atoms with E-state index >= 15 is 0 Å². The number of anilines is 1. The van der Waals surface area contributed by atoms with Gasteiger partial charge in [-0.2, -0.15) is 0 Å². The molecule has 0 spiro atoms. The summed E-state index contributed by atoms with van der Waals surface area (Å²) in [4.78, 5) is 50.4. The van der Waals surface area contributed by atoms with E-state index in [0.717, 1.165) is 11.3 Å². The van der Waals surface area contributed by atoms with Crippen LogP contribution in [0.1, 0.15) is 79.9 Å². The van der Waals surface area contributed by atoms with Crippen molar-refractivity contribution >= 4 is 29.3 Å². The molecule has 1 aliphatic carbocycles. The zero-order valence-corrected chi connectivity index (χ0v) is 25.4. The monoisotopic (exact) mass is 609 g/mol. The maximum absolute atomic E-state index is 12.8. The molecule has 0 radical (unpaired) electrons. The van der Waals surface area contributed by atoms with Crippen molar-refractivity contribution in [3.05, 3.63) is 41.2 Å². The third kappa shape index (κ3) is 8.07. The van der Waals surface area contributed by atoms with Crippen LogP contribution in [0.25, 0.3) is 0 Å². The molecule has 2 aromatic rings. The molecule has 1 aromatic carbocycles. The average molecular weight is 610 g/mol.